The first-order valence-corrected chi connectivity index (χ1v) is 7.09. The lowest BCUT2D eigenvalue weighted by Crippen LogP contribution is -2.38. The molecule has 0 spiro atoms. The van der Waals surface area contributed by atoms with Gasteiger partial charge < -0.3 is 15.2 Å². The van der Waals surface area contributed by atoms with Gasteiger partial charge in [-0.3, -0.25) is 4.98 Å². The zero-order chi connectivity index (χ0) is 13.7. The van der Waals surface area contributed by atoms with E-state index in [1.54, 1.807) is 0 Å². The van der Waals surface area contributed by atoms with Gasteiger partial charge in [0.2, 0.25) is 0 Å². The van der Waals surface area contributed by atoms with Gasteiger partial charge in [-0.2, -0.15) is 0 Å². The topological polar surface area (TPSA) is 54.4 Å². The normalized spacial score (nSPS) is 18.3. The third kappa shape index (κ3) is 3.91. The highest BCUT2D eigenvalue weighted by Gasteiger charge is 2.30. The molecule has 1 saturated carbocycles. The Bertz CT molecular complexity index is 415. The Morgan fingerprint density at radius 1 is 1.32 bits per heavy atom. The van der Waals surface area contributed by atoms with Crippen molar-refractivity contribution in [2.45, 2.75) is 51.2 Å². The molecule has 1 fully saturated rings. The summed E-state index contributed by atoms with van der Waals surface area (Å²) in [4.78, 5) is 4.48. The van der Waals surface area contributed by atoms with Crippen LogP contribution in [0.5, 0.6) is 5.75 Å². The predicted octanol–water partition coefficient (Wildman–Crippen LogP) is 2.18. The van der Waals surface area contributed by atoms with Crippen molar-refractivity contribution in [1.82, 2.24) is 10.3 Å². The Kier molecular flexibility index (Phi) is 4.77. The molecule has 0 aromatic carbocycles. The first-order chi connectivity index (χ1) is 9.13. The van der Waals surface area contributed by atoms with Crippen LogP contribution in [0.15, 0.2) is 12.1 Å². The lowest BCUT2D eigenvalue weighted by atomic mass is 9.85. The van der Waals surface area contributed by atoms with Crippen molar-refractivity contribution in [2.75, 3.05) is 13.7 Å². The maximum atomic E-state index is 10.4. The fourth-order valence-electron chi connectivity index (χ4n) is 2.59. The molecule has 1 aromatic heterocycles. The van der Waals surface area contributed by atoms with Gasteiger partial charge in [-0.15, -0.1) is 0 Å². The van der Waals surface area contributed by atoms with Crippen molar-refractivity contribution >= 4 is 0 Å². The number of hydrogen-bond acceptors (Lipinski definition) is 4. The van der Waals surface area contributed by atoms with E-state index in [1.165, 1.54) is 6.42 Å². The van der Waals surface area contributed by atoms with Gasteiger partial charge in [0, 0.05) is 12.2 Å². The summed E-state index contributed by atoms with van der Waals surface area (Å²) in [5.74, 6) is 0.777. The van der Waals surface area contributed by atoms with Crippen LogP contribution < -0.4 is 10.1 Å². The van der Waals surface area contributed by atoms with Gasteiger partial charge in [0.1, 0.15) is 12.4 Å². The molecular formula is C15H24N2O2. The van der Waals surface area contributed by atoms with Crippen LogP contribution >= 0.6 is 0 Å². The summed E-state index contributed by atoms with van der Waals surface area (Å²) in [6.45, 7) is 3.02. The monoisotopic (exact) mass is 264 g/mol. The van der Waals surface area contributed by atoms with Crippen LogP contribution in [0, 0.1) is 6.92 Å². The van der Waals surface area contributed by atoms with Crippen LogP contribution in [0.1, 0.15) is 43.5 Å². The van der Waals surface area contributed by atoms with Crippen LogP contribution in [-0.2, 0) is 6.54 Å². The SMILES string of the molecule is CNCc1nc(C)ccc1OCC1(O)CCCCC1. The summed E-state index contributed by atoms with van der Waals surface area (Å²) in [5, 5.41) is 13.5. The maximum absolute atomic E-state index is 10.4. The number of aliphatic hydroxyl groups is 1. The molecule has 0 radical (unpaired) electrons. The summed E-state index contributed by atoms with van der Waals surface area (Å²) < 4.78 is 5.83. The molecule has 0 amide bonds. The lowest BCUT2D eigenvalue weighted by molar-refractivity contribution is -0.0342. The Labute approximate surface area is 115 Å². The third-order valence-electron chi connectivity index (χ3n) is 3.70. The second-order valence-corrected chi connectivity index (χ2v) is 5.50. The van der Waals surface area contributed by atoms with E-state index in [-0.39, 0.29) is 0 Å². The highest BCUT2D eigenvalue weighted by molar-refractivity contribution is 5.29. The van der Waals surface area contributed by atoms with Gasteiger partial charge in [-0.25, -0.2) is 0 Å². The van der Waals surface area contributed by atoms with Crippen LogP contribution in [0.2, 0.25) is 0 Å². The third-order valence-corrected chi connectivity index (χ3v) is 3.70. The Morgan fingerprint density at radius 2 is 2.05 bits per heavy atom. The number of pyridine rings is 1. The number of hydrogen-bond donors (Lipinski definition) is 2. The van der Waals surface area contributed by atoms with Gasteiger partial charge in [0.15, 0.2) is 0 Å². The maximum Gasteiger partial charge on any atom is 0.142 e. The van der Waals surface area contributed by atoms with Gasteiger partial charge in [0.25, 0.3) is 0 Å². The molecule has 2 N–H and O–H groups in total. The number of nitrogens with zero attached hydrogens (tertiary/aromatic N) is 1. The number of ether oxygens (including phenoxy) is 1. The van der Waals surface area contributed by atoms with E-state index in [0.29, 0.717) is 13.2 Å². The summed E-state index contributed by atoms with van der Waals surface area (Å²) in [7, 11) is 1.89. The van der Waals surface area contributed by atoms with Crippen LogP contribution in [-0.4, -0.2) is 29.3 Å². The van der Waals surface area contributed by atoms with E-state index in [4.69, 9.17) is 4.74 Å². The van der Waals surface area contributed by atoms with E-state index in [9.17, 15) is 5.11 Å². The minimum Gasteiger partial charge on any atom is -0.489 e. The molecule has 106 valence electrons. The number of nitrogens with one attached hydrogen (secondary N) is 1. The molecule has 0 saturated heterocycles. The van der Waals surface area contributed by atoms with Crippen molar-refractivity contribution in [2.24, 2.45) is 0 Å². The Balaban J connectivity index is 2.02. The highest BCUT2D eigenvalue weighted by Crippen LogP contribution is 2.29. The number of aryl methyl sites for hydroxylation is 1. The van der Waals surface area contributed by atoms with E-state index >= 15 is 0 Å². The highest BCUT2D eigenvalue weighted by atomic mass is 16.5. The average molecular weight is 264 g/mol. The van der Waals surface area contributed by atoms with Crippen molar-refractivity contribution in [3.8, 4) is 5.75 Å². The molecule has 0 bridgehead atoms. The van der Waals surface area contributed by atoms with Crippen molar-refractivity contribution < 1.29 is 9.84 Å². The summed E-state index contributed by atoms with van der Waals surface area (Å²) in [5.41, 5.74) is 1.23. The van der Waals surface area contributed by atoms with Gasteiger partial charge in [0.05, 0.1) is 11.3 Å². The fraction of sp³-hybridized carbons (Fsp3) is 0.667. The van der Waals surface area contributed by atoms with E-state index in [2.05, 4.69) is 10.3 Å². The van der Waals surface area contributed by atoms with Gasteiger partial charge in [-0.05, 0) is 38.9 Å². The van der Waals surface area contributed by atoms with Crippen LogP contribution in [0.25, 0.3) is 0 Å². The Morgan fingerprint density at radius 3 is 2.74 bits per heavy atom. The second-order valence-electron chi connectivity index (χ2n) is 5.50. The molecule has 1 heterocycles. The quantitative estimate of drug-likeness (QED) is 0.856. The minimum atomic E-state index is -0.653. The average Bonchev–Trinajstić information content (AvgIpc) is 2.39. The summed E-state index contributed by atoms with van der Waals surface area (Å²) in [6, 6.07) is 3.89. The van der Waals surface area contributed by atoms with Gasteiger partial charge in [-0.1, -0.05) is 19.3 Å². The lowest BCUT2D eigenvalue weighted by Gasteiger charge is -2.31. The van der Waals surface area contributed by atoms with Crippen LogP contribution in [0.4, 0.5) is 0 Å². The first kappa shape index (κ1) is 14.3. The molecular weight excluding hydrogens is 240 g/mol. The van der Waals surface area contributed by atoms with Gasteiger partial charge >= 0.3 is 0 Å². The smallest absolute Gasteiger partial charge is 0.142 e. The molecule has 4 nitrogen and oxygen atoms in total. The van der Waals surface area contributed by atoms with Crippen molar-refractivity contribution in [1.29, 1.82) is 0 Å². The molecule has 2 rings (SSSR count). The standard InChI is InChI=1S/C15H24N2O2/c1-12-6-7-14(13(17-12)10-16-2)19-11-15(18)8-4-3-5-9-15/h6-7,16,18H,3-5,8-11H2,1-2H3. The predicted molar refractivity (Wildman–Crippen MR) is 75.3 cm³/mol. The molecule has 1 aliphatic carbocycles. The molecule has 0 aliphatic heterocycles. The summed E-state index contributed by atoms with van der Waals surface area (Å²) in [6.07, 6.45) is 5.09. The first-order valence-electron chi connectivity index (χ1n) is 7.09. The Hall–Kier alpha value is -1.13. The van der Waals surface area contributed by atoms with E-state index < -0.39 is 5.60 Å². The number of rotatable bonds is 5. The molecule has 0 atom stereocenters. The largest absolute Gasteiger partial charge is 0.489 e. The fourth-order valence-corrected chi connectivity index (χ4v) is 2.59. The number of aromatic nitrogens is 1. The van der Waals surface area contributed by atoms with Crippen LogP contribution in [0.3, 0.4) is 0 Å². The zero-order valence-electron chi connectivity index (χ0n) is 11.9. The molecule has 1 aliphatic rings. The van der Waals surface area contributed by atoms with E-state index in [1.807, 2.05) is 26.1 Å². The zero-order valence-corrected chi connectivity index (χ0v) is 11.9. The molecule has 19 heavy (non-hydrogen) atoms. The summed E-state index contributed by atoms with van der Waals surface area (Å²) >= 11 is 0. The molecule has 1 aromatic rings. The molecule has 0 unspecified atom stereocenters. The van der Waals surface area contributed by atoms with E-state index in [0.717, 1.165) is 42.8 Å². The molecule has 4 heteroatoms. The second kappa shape index (κ2) is 6.35. The minimum absolute atomic E-state index is 0.369. The van der Waals surface area contributed by atoms with Crippen molar-refractivity contribution in [3.63, 3.8) is 0 Å². The van der Waals surface area contributed by atoms with Crippen molar-refractivity contribution in [3.05, 3.63) is 23.5 Å².